The van der Waals surface area contributed by atoms with Crippen molar-refractivity contribution in [2.45, 2.75) is 39.5 Å². The number of amides is 2. The van der Waals surface area contributed by atoms with Gasteiger partial charge >= 0.3 is 0 Å². The number of rotatable bonds is 6. The van der Waals surface area contributed by atoms with Gasteiger partial charge in [0.15, 0.2) is 0 Å². The molecule has 2 aromatic rings. The maximum Gasteiger partial charge on any atom is 0.260 e. The highest BCUT2D eigenvalue weighted by atomic mass is 32.1. The average molecular weight is 372 g/mol. The molecule has 2 amide bonds. The molecule has 26 heavy (non-hydrogen) atoms. The molecule has 0 saturated carbocycles. The Labute approximate surface area is 157 Å². The van der Waals surface area contributed by atoms with Crippen LogP contribution in [0.3, 0.4) is 0 Å². The van der Waals surface area contributed by atoms with Gasteiger partial charge in [-0.15, -0.1) is 11.3 Å². The number of carbonyl (C=O) groups is 2. The maximum absolute atomic E-state index is 12.8. The first kappa shape index (κ1) is 18.5. The van der Waals surface area contributed by atoms with E-state index in [0.717, 1.165) is 36.1 Å². The lowest BCUT2D eigenvalue weighted by molar-refractivity contribution is 0.100. The largest absolute Gasteiger partial charge is 0.492 e. The summed E-state index contributed by atoms with van der Waals surface area (Å²) in [6.45, 7) is 4.64. The molecule has 1 aromatic heterocycles. The van der Waals surface area contributed by atoms with Crippen LogP contribution in [0.5, 0.6) is 5.75 Å². The summed E-state index contributed by atoms with van der Waals surface area (Å²) in [5.74, 6) is 0.131. The summed E-state index contributed by atoms with van der Waals surface area (Å²) in [6.07, 6.45) is 3.92. The zero-order valence-electron chi connectivity index (χ0n) is 15.1. The van der Waals surface area contributed by atoms with Crippen molar-refractivity contribution in [2.75, 3.05) is 11.9 Å². The molecule has 1 aromatic carbocycles. The number of anilines is 1. The quantitative estimate of drug-likeness (QED) is 0.804. The predicted octanol–water partition coefficient (Wildman–Crippen LogP) is 4.01. The van der Waals surface area contributed by atoms with E-state index < -0.39 is 5.91 Å². The first-order valence-electron chi connectivity index (χ1n) is 8.95. The van der Waals surface area contributed by atoms with Crippen molar-refractivity contribution in [3.05, 3.63) is 45.8 Å². The van der Waals surface area contributed by atoms with Crippen LogP contribution in [0.2, 0.25) is 0 Å². The summed E-state index contributed by atoms with van der Waals surface area (Å²) in [5, 5.41) is 3.44. The number of hydrogen-bond donors (Lipinski definition) is 2. The van der Waals surface area contributed by atoms with Crippen molar-refractivity contribution in [3.63, 3.8) is 0 Å². The molecule has 5 nitrogen and oxygen atoms in total. The molecule has 6 heteroatoms. The van der Waals surface area contributed by atoms with E-state index in [1.807, 2.05) is 6.07 Å². The van der Waals surface area contributed by atoms with Crippen LogP contribution in [0.25, 0.3) is 0 Å². The van der Waals surface area contributed by atoms with Crippen molar-refractivity contribution < 1.29 is 14.3 Å². The van der Waals surface area contributed by atoms with Gasteiger partial charge in [-0.05, 0) is 49.3 Å². The van der Waals surface area contributed by atoms with Gasteiger partial charge in [0.2, 0.25) is 0 Å². The van der Waals surface area contributed by atoms with E-state index in [-0.39, 0.29) is 5.91 Å². The number of aryl methyl sites for hydroxylation is 1. The molecule has 3 N–H and O–H groups in total. The van der Waals surface area contributed by atoms with E-state index in [2.05, 4.69) is 19.2 Å². The fourth-order valence-electron chi connectivity index (χ4n) is 3.12. The van der Waals surface area contributed by atoms with Gasteiger partial charge in [-0.25, -0.2) is 0 Å². The number of ether oxygens (including phenoxy) is 1. The second-order valence-corrected chi connectivity index (χ2v) is 8.04. The number of primary amides is 1. The average Bonchev–Trinajstić information content (AvgIpc) is 2.98. The van der Waals surface area contributed by atoms with Crippen LogP contribution >= 0.6 is 11.3 Å². The standard InChI is InChI=1S/C20H24N2O3S/c1-12(2)11-25-15-9-5-3-7-13(15)19(24)22-20-17(18(21)23)14-8-4-6-10-16(14)26-20/h3,5,7,9,12H,4,6,8,10-11H2,1-2H3,(H2,21,23)(H,22,24). The fraction of sp³-hybridized carbons (Fsp3) is 0.400. The van der Waals surface area contributed by atoms with Crippen LogP contribution in [0, 0.1) is 5.92 Å². The van der Waals surface area contributed by atoms with E-state index >= 15 is 0 Å². The zero-order valence-corrected chi connectivity index (χ0v) is 15.9. The van der Waals surface area contributed by atoms with Crippen molar-refractivity contribution in [3.8, 4) is 5.75 Å². The number of para-hydroxylation sites is 1. The Hall–Kier alpha value is -2.34. The zero-order chi connectivity index (χ0) is 18.7. The highest BCUT2D eigenvalue weighted by Gasteiger charge is 2.25. The van der Waals surface area contributed by atoms with Gasteiger partial charge in [0, 0.05) is 4.88 Å². The molecular formula is C20H24N2O3S. The van der Waals surface area contributed by atoms with Crippen LogP contribution in [0.4, 0.5) is 5.00 Å². The molecule has 0 saturated heterocycles. The van der Waals surface area contributed by atoms with Crippen molar-refractivity contribution in [1.82, 2.24) is 0 Å². The van der Waals surface area contributed by atoms with Gasteiger partial charge in [-0.3, -0.25) is 9.59 Å². The number of benzene rings is 1. The molecule has 0 fully saturated rings. The second-order valence-electron chi connectivity index (χ2n) is 6.93. The Morgan fingerprint density at radius 3 is 2.69 bits per heavy atom. The lowest BCUT2D eigenvalue weighted by Gasteiger charge is -2.13. The van der Waals surface area contributed by atoms with E-state index in [0.29, 0.717) is 34.4 Å². The number of carbonyl (C=O) groups excluding carboxylic acids is 2. The van der Waals surface area contributed by atoms with Gasteiger partial charge in [0.1, 0.15) is 10.8 Å². The summed E-state index contributed by atoms with van der Waals surface area (Å²) in [7, 11) is 0. The third kappa shape index (κ3) is 3.90. The first-order valence-corrected chi connectivity index (χ1v) is 9.76. The third-order valence-electron chi connectivity index (χ3n) is 4.35. The molecule has 1 heterocycles. The highest BCUT2D eigenvalue weighted by Crippen LogP contribution is 2.38. The highest BCUT2D eigenvalue weighted by molar-refractivity contribution is 7.17. The molecule has 0 unspecified atom stereocenters. The summed E-state index contributed by atoms with van der Waals surface area (Å²) in [5.41, 5.74) is 7.53. The Kier molecular flexibility index (Phi) is 5.61. The molecule has 0 aliphatic heterocycles. The number of fused-ring (bicyclic) bond motifs is 1. The third-order valence-corrected chi connectivity index (χ3v) is 5.56. The first-order chi connectivity index (χ1) is 12.5. The van der Waals surface area contributed by atoms with Crippen LogP contribution in [-0.4, -0.2) is 18.4 Å². The number of thiophene rings is 1. The summed E-state index contributed by atoms with van der Waals surface area (Å²) in [6, 6.07) is 7.14. The fourth-order valence-corrected chi connectivity index (χ4v) is 4.41. The molecule has 138 valence electrons. The molecule has 0 atom stereocenters. The Balaban J connectivity index is 1.87. The van der Waals surface area contributed by atoms with Gasteiger partial charge in [0.05, 0.1) is 17.7 Å². The predicted molar refractivity (Wildman–Crippen MR) is 104 cm³/mol. The summed E-state index contributed by atoms with van der Waals surface area (Å²) in [4.78, 5) is 26.0. The van der Waals surface area contributed by atoms with Crippen LogP contribution in [-0.2, 0) is 12.8 Å². The molecule has 1 aliphatic carbocycles. The van der Waals surface area contributed by atoms with Gasteiger partial charge < -0.3 is 15.8 Å². The normalized spacial score (nSPS) is 13.3. The number of nitrogens with one attached hydrogen (secondary N) is 1. The summed E-state index contributed by atoms with van der Waals surface area (Å²) < 4.78 is 5.77. The van der Waals surface area contributed by atoms with E-state index in [1.165, 1.54) is 11.3 Å². The lowest BCUT2D eigenvalue weighted by atomic mass is 9.95. The minimum atomic E-state index is -0.482. The minimum Gasteiger partial charge on any atom is -0.492 e. The Morgan fingerprint density at radius 2 is 1.96 bits per heavy atom. The number of hydrogen-bond acceptors (Lipinski definition) is 4. The van der Waals surface area contributed by atoms with Crippen LogP contribution < -0.4 is 15.8 Å². The van der Waals surface area contributed by atoms with Gasteiger partial charge in [0.25, 0.3) is 11.8 Å². The van der Waals surface area contributed by atoms with Crippen molar-refractivity contribution in [2.24, 2.45) is 11.7 Å². The smallest absolute Gasteiger partial charge is 0.260 e. The van der Waals surface area contributed by atoms with Crippen LogP contribution in [0.15, 0.2) is 24.3 Å². The topological polar surface area (TPSA) is 81.4 Å². The van der Waals surface area contributed by atoms with E-state index in [1.54, 1.807) is 18.2 Å². The Bertz CT molecular complexity index is 826. The maximum atomic E-state index is 12.8. The van der Waals surface area contributed by atoms with Crippen molar-refractivity contribution >= 4 is 28.2 Å². The molecule has 3 rings (SSSR count). The minimum absolute atomic E-state index is 0.287. The van der Waals surface area contributed by atoms with Crippen LogP contribution in [0.1, 0.15) is 57.8 Å². The van der Waals surface area contributed by atoms with Gasteiger partial charge in [-0.2, -0.15) is 0 Å². The Morgan fingerprint density at radius 1 is 1.23 bits per heavy atom. The van der Waals surface area contributed by atoms with E-state index in [4.69, 9.17) is 10.5 Å². The second kappa shape index (κ2) is 7.91. The summed E-state index contributed by atoms with van der Waals surface area (Å²) >= 11 is 1.46. The lowest BCUT2D eigenvalue weighted by Crippen LogP contribution is -2.19. The molecule has 0 bridgehead atoms. The molecule has 0 radical (unpaired) electrons. The molecule has 1 aliphatic rings. The van der Waals surface area contributed by atoms with Gasteiger partial charge in [-0.1, -0.05) is 26.0 Å². The number of nitrogens with two attached hydrogens (primary N) is 1. The van der Waals surface area contributed by atoms with E-state index in [9.17, 15) is 9.59 Å². The molecular weight excluding hydrogens is 348 g/mol. The SMILES string of the molecule is CC(C)COc1ccccc1C(=O)Nc1sc2c(c1C(N)=O)CCCC2. The monoisotopic (exact) mass is 372 g/mol. The van der Waals surface area contributed by atoms with Crippen molar-refractivity contribution in [1.29, 1.82) is 0 Å². The molecule has 0 spiro atoms.